The van der Waals surface area contributed by atoms with E-state index < -0.39 is 0 Å². The number of aromatic nitrogens is 6. The molecule has 1 N–H and O–H groups in total. The van der Waals surface area contributed by atoms with Crippen LogP contribution in [0.4, 0.5) is 0 Å². The van der Waals surface area contributed by atoms with Crippen LogP contribution in [-0.4, -0.2) is 41.0 Å². The Balaban J connectivity index is 1.15. The van der Waals surface area contributed by atoms with Crippen LogP contribution >= 0.6 is 0 Å². The summed E-state index contributed by atoms with van der Waals surface area (Å²) in [5.74, 6) is 0.898. The minimum absolute atomic E-state index is 0.0288. The van der Waals surface area contributed by atoms with Crippen LogP contribution in [0.3, 0.4) is 0 Å². The van der Waals surface area contributed by atoms with Crippen molar-refractivity contribution >= 4 is 5.91 Å². The summed E-state index contributed by atoms with van der Waals surface area (Å²) in [5.41, 5.74) is 5.16. The van der Waals surface area contributed by atoms with Gasteiger partial charge >= 0.3 is 0 Å². The van der Waals surface area contributed by atoms with E-state index in [-0.39, 0.29) is 11.4 Å². The van der Waals surface area contributed by atoms with Gasteiger partial charge in [-0.05, 0) is 50.7 Å². The first-order chi connectivity index (χ1) is 17.1. The summed E-state index contributed by atoms with van der Waals surface area (Å²) in [4.78, 5) is 21.0. The molecule has 6 rings (SSSR count). The Morgan fingerprint density at radius 1 is 0.914 bits per heavy atom. The zero-order valence-electron chi connectivity index (χ0n) is 19.9. The molecule has 3 aromatic heterocycles. The molecule has 1 aliphatic carbocycles. The van der Waals surface area contributed by atoms with Gasteiger partial charge in [0.05, 0.1) is 18.4 Å². The molecule has 0 radical (unpaired) electrons. The largest absolute Gasteiger partial charge is 0.351 e. The van der Waals surface area contributed by atoms with Gasteiger partial charge in [0, 0.05) is 65.5 Å². The predicted octanol–water partition coefficient (Wildman–Crippen LogP) is 4.65. The van der Waals surface area contributed by atoms with Gasteiger partial charge in [0.1, 0.15) is 0 Å². The quantitative estimate of drug-likeness (QED) is 0.461. The molecule has 2 fully saturated rings. The van der Waals surface area contributed by atoms with E-state index >= 15 is 0 Å². The lowest BCUT2D eigenvalue weighted by atomic mass is 9.78. The number of hydrogen-bond donors (Lipinski definition) is 1. The van der Waals surface area contributed by atoms with Crippen molar-refractivity contribution in [1.29, 1.82) is 0 Å². The molecule has 8 nitrogen and oxygen atoms in total. The van der Waals surface area contributed by atoms with Crippen LogP contribution < -0.4 is 5.32 Å². The molecule has 1 amide bonds. The van der Waals surface area contributed by atoms with Crippen LogP contribution in [0.5, 0.6) is 0 Å². The standard InChI is InChI=1S/C27H29N7O/c1-2-33-17-22(15-30-33)19-4-3-5-20(12-19)26-28-13-21(14-29-26)23-16-31-34(18-23)24-6-9-27(10-7-24)11-8-25(35)32-27/h3-5,12-18,24H,2,6-11H2,1H3,(H,32,35). The number of nitrogens with one attached hydrogen (secondary N) is 1. The Labute approximate surface area is 204 Å². The van der Waals surface area contributed by atoms with E-state index in [1.165, 1.54) is 0 Å². The highest BCUT2D eigenvalue weighted by atomic mass is 16.2. The molecule has 0 unspecified atom stereocenters. The van der Waals surface area contributed by atoms with E-state index in [0.717, 1.165) is 66.5 Å². The van der Waals surface area contributed by atoms with E-state index in [4.69, 9.17) is 0 Å². The van der Waals surface area contributed by atoms with Gasteiger partial charge in [-0.3, -0.25) is 14.2 Å². The zero-order chi connectivity index (χ0) is 23.8. The summed E-state index contributed by atoms with van der Waals surface area (Å²) in [5, 5.41) is 12.2. The van der Waals surface area contributed by atoms with E-state index in [1.54, 1.807) is 0 Å². The number of rotatable bonds is 5. The normalized spacial score (nSPS) is 22.0. The number of carbonyl (C=O) groups is 1. The molecular formula is C27H29N7O. The minimum Gasteiger partial charge on any atom is -0.351 e. The summed E-state index contributed by atoms with van der Waals surface area (Å²) in [7, 11) is 0. The van der Waals surface area contributed by atoms with Gasteiger partial charge in [-0.25, -0.2) is 9.97 Å². The number of hydrogen-bond acceptors (Lipinski definition) is 5. The van der Waals surface area contributed by atoms with Crippen LogP contribution in [-0.2, 0) is 11.3 Å². The number of aryl methyl sites for hydroxylation is 1. The first-order valence-electron chi connectivity index (χ1n) is 12.4. The lowest BCUT2D eigenvalue weighted by Gasteiger charge is -2.37. The Hall–Kier alpha value is -3.81. The van der Waals surface area contributed by atoms with Gasteiger partial charge in [0.15, 0.2) is 5.82 Å². The maximum atomic E-state index is 11.7. The highest BCUT2D eigenvalue weighted by molar-refractivity contribution is 5.79. The summed E-state index contributed by atoms with van der Waals surface area (Å²) in [6, 6.07) is 8.61. The van der Waals surface area contributed by atoms with Crippen LogP contribution in [0.25, 0.3) is 33.6 Å². The molecule has 35 heavy (non-hydrogen) atoms. The fourth-order valence-corrected chi connectivity index (χ4v) is 5.40. The molecule has 0 bridgehead atoms. The van der Waals surface area contributed by atoms with Gasteiger partial charge in [-0.1, -0.05) is 18.2 Å². The lowest BCUT2D eigenvalue weighted by molar-refractivity contribution is -0.120. The SMILES string of the molecule is CCn1cc(-c2cccc(-c3ncc(-c4cnn(C5CCC6(CCC(=O)N6)CC5)c4)cn3)c2)cn1. The van der Waals surface area contributed by atoms with E-state index in [1.807, 2.05) is 41.6 Å². The third-order valence-electron chi connectivity index (χ3n) is 7.52. The third-order valence-corrected chi connectivity index (χ3v) is 7.52. The third kappa shape index (κ3) is 4.24. The van der Waals surface area contributed by atoms with Crippen molar-refractivity contribution in [2.45, 2.75) is 63.6 Å². The average Bonchev–Trinajstić information content (AvgIpc) is 3.65. The predicted molar refractivity (Wildman–Crippen MR) is 133 cm³/mol. The lowest BCUT2D eigenvalue weighted by Crippen LogP contribution is -2.44. The molecule has 2 aliphatic rings. The van der Waals surface area contributed by atoms with Gasteiger partial charge in [0.2, 0.25) is 5.91 Å². The van der Waals surface area contributed by atoms with Gasteiger partial charge in [-0.2, -0.15) is 10.2 Å². The molecule has 8 heteroatoms. The number of carbonyl (C=O) groups excluding carboxylic acids is 1. The fourth-order valence-electron chi connectivity index (χ4n) is 5.40. The summed E-state index contributed by atoms with van der Waals surface area (Å²) >= 11 is 0. The second-order valence-corrected chi connectivity index (χ2v) is 9.73. The topological polar surface area (TPSA) is 90.5 Å². The second kappa shape index (κ2) is 8.76. The summed E-state index contributed by atoms with van der Waals surface area (Å²) < 4.78 is 4.00. The molecule has 1 aliphatic heterocycles. The zero-order valence-corrected chi connectivity index (χ0v) is 19.9. The molecule has 178 valence electrons. The van der Waals surface area contributed by atoms with E-state index in [9.17, 15) is 4.79 Å². The smallest absolute Gasteiger partial charge is 0.220 e. The molecule has 0 atom stereocenters. The Kier molecular flexibility index (Phi) is 5.43. The van der Waals surface area contributed by atoms with Crippen molar-refractivity contribution in [2.75, 3.05) is 0 Å². The van der Waals surface area contributed by atoms with Gasteiger partial charge < -0.3 is 5.32 Å². The molecule has 1 spiro atoms. The van der Waals surface area contributed by atoms with Crippen molar-refractivity contribution in [3.8, 4) is 33.6 Å². The second-order valence-electron chi connectivity index (χ2n) is 9.73. The van der Waals surface area contributed by atoms with Crippen LogP contribution in [0, 0.1) is 0 Å². The monoisotopic (exact) mass is 467 g/mol. The van der Waals surface area contributed by atoms with Gasteiger partial charge in [0.25, 0.3) is 0 Å². The Morgan fingerprint density at radius 2 is 1.66 bits per heavy atom. The van der Waals surface area contributed by atoms with Crippen LogP contribution in [0.2, 0.25) is 0 Å². The number of nitrogens with zero attached hydrogens (tertiary/aromatic N) is 6. The molecular weight excluding hydrogens is 438 g/mol. The average molecular weight is 468 g/mol. The summed E-state index contributed by atoms with van der Waals surface area (Å²) in [6.07, 6.45) is 17.4. The van der Waals surface area contributed by atoms with E-state index in [0.29, 0.717) is 18.3 Å². The highest BCUT2D eigenvalue weighted by Crippen LogP contribution is 2.40. The Morgan fingerprint density at radius 3 is 2.37 bits per heavy atom. The summed E-state index contributed by atoms with van der Waals surface area (Å²) in [6.45, 7) is 2.92. The van der Waals surface area contributed by atoms with Gasteiger partial charge in [-0.15, -0.1) is 0 Å². The highest BCUT2D eigenvalue weighted by Gasteiger charge is 2.41. The first kappa shape index (κ1) is 21.7. The minimum atomic E-state index is 0.0288. The van der Waals surface area contributed by atoms with Crippen LogP contribution in [0.15, 0.2) is 61.4 Å². The molecule has 4 aromatic rings. The molecule has 1 saturated heterocycles. The van der Waals surface area contributed by atoms with Crippen LogP contribution in [0.1, 0.15) is 51.5 Å². The molecule has 1 aromatic carbocycles. The van der Waals surface area contributed by atoms with Crippen molar-refractivity contribution in [1.82, 2.24) is 34.8 Å². The first-order valence-corrected chi connectivity index (χ1v) is 12.4. The Bertz CT molecular complexity index is 1350. The number of benzene rings is 1. The number of amides is 1. The van der Waals surface area contributed by atoms with Crippen molar-refractivity contribution in [2.24, 2.45) is 0 Å². The van der Waals surface area contributed by atoms with E-state index in [2.05, 4.69) is 61.6 Å². The molecule has 4 heterocycles. The molecule has 1 saturated carbocycles. The maximum Gasteiger partial charge on any atom is 0.220 e. The van der Waals surface area contributed by atoms with Crippen molar-refractivity contribution in [3.63, 3.8) is 0 Å². The van der Waals surface area contributed by atoms with Crippen molar-refractivity contribution < 1.29 is 4.79 Å². The maximum absolute atomic E-state index is 11.7. The van der Waals surface area contributed by atoms with Crippen molar-refractivity contribution in [3.05, 3.63) is 61.4 Å². The fraction of sp³-hybridized carbons (Fsp3) is 0.370.